The summed E-state index contributed by atoms with van der Waals surface area (Å²) in [6.07, 6.45) is 11.0. The number of piperidine rings is 1. The molecule has 0 radical (unpaired) electrons. The van der Waals surface area contributed by atoms with Gasteiger partial charge < -0.3 is 20.2 Å². The predicted molar refractivity (Wildman–Crippen MR) is 137 cm³/mol. The van der Waals surface area contributed by atoms with Crippen LogP contribution >= 0.6 is 0 Å². The molecule has 5 rings (SSSR count). The molecule has 0 aromatic heterocycles. The highest BCUT2D eigenvalue weighted by Gasteiger charge is 2.60. The molecule has 3 unspecified atom stereocenters. The van der Waals surface area contributed by atoms with Gasteiger partial charge in [0.2, 0.25) is 5.91 Å². The van der Waals surface area contributed by atoms with E-state index in [1.807, 2.05) is 17.9 Å². The molecule has 4 fully saturated rings. The highest BCUT2D eigenvalue weighted by atomic mass is 16.3. The van der Waals surface area contributed by atoms with Crippen molar-refractivity contribution in [2.45, 2.75) is 102 Å². The number of carbonyl (C=O) groups excluding carboxylic acids is 1. The summed E-state index contributed by atoms with van der Waals surface area (Å²) in [6.45, 7) is 7.08. The summed E-state index contributed by atoms with van der Waals surface area (Å²) in [5, 5.41) is 34.2. The van der Waals surface area contributed by atoms with Crippen molar-refractivity contribution in [1.29, 1.82) is 0 Å². The SMILES string of the molecule is Cc1ccc(O)c(O)c1C12CCN(C(=O)CC3CCCCC3)CCC1(O)C(C)N(CC1CC1)CC2. The lowest BCUT2D eigenvalue weighted by Crippen LogP contribution is -2.68. The lowest BCUT2D eigenvalue weighted by Gasteiger charge is -2.57. The molecule has 4 aliphatic rings. The third-order valence-corrected chi connectivity index (χ3v) is 10.0. The Labute approximate surface area is 210 Å². The van der Waals surface area contributed by atoms with E-state index >= 15 is 0 Å². The van der Waals surface area contributed by atoms with Crippen molar-refractivity contribution in [2.75, 3.05) is 26.2 Å². The Balaban J connectivity index is 1.48. The molecule has 1 aromatic carbocycles. The molecule has 3 N–H and O–H groups in total. The molecule has 2 saturated carbocycles. The number of phenolic OH excluding ortho intramolecular Hbond substituents is 2. The van der Waals surface area contributed by atoms with Gasteiger partial charge >= 0.3 is 0 Å². The van der Waals surface area contributed by atoms with E-state index in [1.165, 1.54) is 38.2 Å². The molecule has 6 heteroatoms. The van der Waals surface area contributed by atoms with Crippen LogP contribution < -0.4 is 0 Å². The normalized spacial score (nSPS) is 32.8. The van der Waals surface area contributed by atoms with Crippen molar-refractivity contribution >= 4 is 5.91 Å². The fourth-order valence-corrected chi connectivity index (χ4v) is 7.63. The van der Waals surface area contributed by atoms with Crippen molar-refractivity contribution in [2.24, 2.45) is 11.8 Å². The highest BCUT2D eigenvalue weighted by Crippen LogP contribution is 2.56. The van der Waals surface area contributed by atoms with Crippen LogP contribution in [0.4, 0.5) is 0 Å². The van der Waals surface area contributed by atoms with E-state index < -0.39 is 11.0 Å². The van der Waals surface area contributed by atoms with E-state index in [0.717, 1.165) is 37.4 Å². The van der Waals surface area contributed by atoms with Gasteiger partial charge in [-0.25, -0.2) is 0 Å². The van der Waals surface area contributed by atoms with E-state index in [-0.39, 0.29) is 23.4 Å². The van der Waals surface area contributed by atoms with Gasteiger partial charge in [-0.3, -0.25) is 9.69 Å². The van der Waals surface area contributed by atoms with Crippen LogP contribution in [0, 0.1) is 18.8 Å². The number of aryl methyl sites for hydroxylation is 1. The lowest BCUT2D eigenvalue weighted by atomic mass is 9.56. The average molecular weight is 485 g/mol. The number of aromatic hydroxyl groups is 2. The van der Waals surface area contributed by atoms with Gasteiger partial charge in [-0.1, -0.05) is 25.3 Å². The van der Waals surface area contributed by atoms with Crippen LogP contribution in [0.3, 0.4) is 0 Å². The van der Waals surface area contributed by atoms with Crippen LogP contribution in [0.1, 0.15) is 88.7 Å². The number of hydrogen-bond donors (Lipinski definition) is 3. The first-order valence-corrected chi connectivity index (χ1v) is 14.0. The maximum absolute atomic E-state index is 13.4. The second-order valence-electron chi connectivity index (χ2n) is 12.1. The van der Waals surface area contributed by atoms with Crippen LogP contribution in [0.25, 0.3) is 0 Å². The Morgan fingerprint density at radius 3 is 2.37 bits per heavy atom. The van der Waals surface area contributed by atoms with Gasteiger partial charge in [-0.15, -0.1) is 0 Å². The second kappa shape index (κ2) is 9.59. The van der Waals surface area contributed by atoms with Gasteiger partial charge in [-0.2, -0.15) is 0 Å². The second-order valence-corrected chi connectivity index (χ2v) is 12.1. The molecule has 1 amide bonds. The largest absolute Gasteiger partial charge is 0.504 e. The molecule has 0 spiro atoms. The highest BCUT2D eigenvalue weighted by molar-refractivity contribution is 5.76. The third-order valence-electron chi connectivity index (χ3n) is 10.0. The minimum atomic E-state index is -1.10. The topological polar surface area (TPSA) is 84.2 Å². The predicted octanol–water partition coefficient (Wildman–Crippen LogP) is 4.47. The number of aliphatic hydroxyl groups is 1. The van der Waals surface area contributed by atoms with E-state index in [2.05, 4.69) is 11.8 Å². The fourth-order valence-electron chi connectivity index (χ4n) is 7.63. The fraction of sp³-hybridized carbons (Fsp3) is 0.759. The summed E-state index contributed by atoms with van der Waals surface area (Å²) >= 11 is 0. The summed E-state index contributed by atoms with van der Waals surface area (Å²) in [6, 6.07) is 3.29. The van der Waals surface area contributed by atoms with Gasteiger partial charge in [0, 0.05) is 43.1 Å². The molecule has 6 nitrogen and oxygen atoms in total. The molecule has 2 aliphatic heterocycles. The van der Waals surface area contributed by atoms with Gasteiger partial charge in [0.1, 0.15) is 0 Å². The monoisotopic (exact) mass is 484 g/mol. The molecule has 2 heterocycles. The van der Waals surface area contributed by atoms with Gasteiger partial charge in [0.25, 0.3) is 0 Å². The number of phenols is 2. The minimum absolute atomic E-state index is 0.0913. The standard InChI is InChI=1S/C29H44N2O4/c1-20-8-11-24(32)27(34)26(20)28-12-15-30(25(33)18-22-6-4-3-5-7-22)17-14-29(28,35)21(2)31(16-13-28)19-23-9-10-23/h8,11,21-23,32,34-35H,3-7,9-10,12-19H2,1-2H3. The summed E-state index contributed by atoms with van der Waals surface area (Å²) < 4.78 is 0. The Bertz CT molecular complexity index is 941. The number of likely N-dealkylation sites (tertiary alicyclic amines) is 2. The first-order chi connectivity index (χ1) is 16.7. The van der Waals surface area contributed by atoms with Crippen molar-refractivity contribution < 1.29 is 20.1 Å². The number of nitrogens with zero attached hydrogens (tertiary/aromatic N) is 2. The summed E-state index contributed by atoms with van der Waals surface area (Å²) in [5.41, 5.74) is -0.238. The lowest BCUT2D eigenvalue weighted by molar-refractivity contribution is -0.138. The van der Waals surface area contributed by atoms with Crippen LogP contribution in [0.2, 0.25) is 0 Å². The first-order valence-electron chi connectivity index (χ1n) is 14.0. The maximum Gasteiger partial charge on any atom is 0.222 e. The van der Waals surface area contributed by atoms with Gasteiger partial charge in [0.15, 0.2) is 11.5 Å². The van der Waals surface area contributed by atoms with E-state index in [4.69, 9.17) is 0 Å². The summed E-state index contributed by atoms with van der Waals surface area (Å²) in [4.78, 5) is 17.8. The number of carbonyl (C=O) groups is 1. The molecule has 0 bridgehead atoms. The zero-order chi connectivity index (χ0) is 24.8. The average Bonchev–Trinajstić information content (AvgIpc) is 3.67. The zero-order valence-electron chi connectivity index (χ0n) is 21.6. The van der Waals surface area contributed by atoms with Gasteiger partial charge in [-0.05, 0) is 88.8 Å². The van der Waals surface area contributed by atoms with E-state index in [0.29, 0.717) is 50.3 Å². The number of hydrogen-bond acceptors (Lipinski definition) is 5. The van der Waals surface area contributed by atoms with Crippen LogP contribution in [-0.2, 0) is 10.2 Å². The molecule has 3 atom stereocenters. The Morgan fingerprint density at radius 2 is 1.66 bits per heavy atom. The van der Waals surface area contributed by atoms with E-state index in [9.17, 15) is 20.1 Å². The van der Waals surface area contributed by atoms with Crippen LogP contribution in [0.5, 0.6) is 11.5 Å². The minimum Gasteiger partial charge on any atom is -0.504 e. The Hall–Kier alpha value is -1.79. The van der Waals surface area contributed by atoms with Crippen molar-refractivity contribution in [3.8, 4) is 11.5 Å². The molecule has 2 aliphatic carbocycles. The molecule has 2 saturated heterocycles. The van der Waals surface area contributed by atoms with E-state index in [1.54, 1.807) is 0 Å². The third kappa shape index (κ3) is 4.46. The molecule has 1 aromatic rings. The van der Waals surface area contributed by atoms with Crippen molar-refractivity contribution in [3.05, 3.63) is 23.3 Å². The van der Waals surface area contributed by atoms with Gasteiger partial charge in [0.05, 0.1) is 5.60 Å². The maximum atomic E-state index is 13.4. The molecule has 194 valence electrons. The quantitative estimate of drug-likeness (QED) is 0.537. The van der Waals surface area contributed by atoms with Crippen LogP contribution in [0.15, 0.2) is 12.1 Å². The number of rotatable bonds is 5. The van der Waals surface area contributed by atoms with Crippen molar-refractivity contribution in [3.63, 3.8) is 0 Å². The Morgan fingerprint density at radius 1 is 0.971 bits per heavy atom. The zero-order valence-corrected chi connectivity index (χ0v) is 21.6. The summed E-state index contributed by atoms with van der Waals surface area (Å²) in [5.74, 6) is 1.19. The van der Waals surface area contributed by atoms with Crippen LogP contribution in [-0.4, -0.2) is 68.8 Å². The number of amides is 1. The molecule has 35 heavy (non-hydrogen) atoms. The number of fused-ring (bicyclic) bond motifs is 1. The number of benzene rings is 1. The Kier molecular flexibility index (Phi) is 6.82. The van der Waals surface area contributed by atoms with Crippen molar-refractivity contribution in [1.82, 2.24) is 9.80 Å². The molecular weight excluding hydrogens is 440 g/mol. The summed E-state index contributed by atoms with van der Waals surface area (Å²) in [7, 11) is 0. The smallest absolute Gasteiger partial charge is 0.222 e. The molecular formula is C29H44N2O4. The first kappa shape index (κ1) is 24.9.